The third-order valence-electron chi connectivity index (χ3n) is 3.42. The number of rotatable bonds is 5. The van der Waals surface area contributed by atoms with E-state index in [1.807, 2.05) is 0 Å². The minimum Gasteiger partial charge on any atom is -0.374 e. The van der Waals surface area contributed by atoms with E-state index in [2.05, 4.69) is 16.0 Å². The summed E-state index contributed by atoms with van der Waals surface area (Å²) in [6.45, 7) is 4.81. The lowest BCUT2D eigenvalue weighted by Crippen LogP contribution is -2.31. The van der Waals surface area contributed by atoms with Gasteiger partial charge in [-0.1, -0.05) is 6.07 Å². The van der Waals surface area contributed by atoms with E-state index in [-0.39, 0.29) is 17.6 Å². The summed E-state index contributed by atoms with van der Waals surface area (Å²) in [5.41, 5.74) is 2.36. The summed E-state index contributed by atoms with van der Waals surface area (Å²) in [5.74, 6) is -0.778. The van der Waals surface area contributed by atoms with Crippen molar-refractivity contribution >= 4 is 28.9 Å². The van der Waals surface area contributed by atoms with Gasteiger partial charge in [-0.15, -0.1) is 0 Å². The smallest absolute Gasteiger partial charge is 0.246 e. The highest BCUT2D eigenvalue weighted by molar-refractivity contribution is 5.96. The Morgan fingerprint density at radius 1 is 0.958 bits per heavy atom. The Labute approximate surface area is 140 Å². The topological polar surface area (TPSA) is 70.2 Å². The van der Waals surface area contributed by atoms with Gasteiger partial charge in [-0.05, 0) is 55.8 Å². The zero-order valence-electron chi connectivity index (χ0n) is 13.8. The first-order valence-electron chi connectivity index (χ1n) is 7.56. The molecule has 0 radical (unpaired) electrons. The normalized spacial score (nSPS) is 11.5. The summed E-state index contributed by atoms with van der Waals surface area (Å²) in [5, 5.41) is 8.39. The molecule has 0 unspecified atom stereocenters. The molecule has 2 aromatic carbocycles. The van der Waals surface area contributed by atoms with Gasteiger partial charge < -0.3 is 16.0 Å². The minimum absolute atomic E-state index is 0.145. The molecule has 2 rings (SSSR count). The number of hydrogen-bond donors (Lipinski definition) is 3. The van der Waals surface area contributed by atoms with Crippen molar-refractivity contribution in [2.75, 3.05) is 16.0 Å². The number of hydrogen-bond acceptors (Lipinski definition) is 3. The lowest BCUT2D eigenvalue weighted by atomic mass is 10.2. The zero-order chi connectivity index (χ0) is 17.7. The molecule has 5 nitrogen and oxygen atoms in total. The Balaban J connectivity index is 1.95. The van der Waals surface area contributed by atoms with E-state index in [9.17, 15) is 14.0 Å². The van der Waals surface area contributed by atoms with Gasteiger partial charge in [0.1, 0.15) is 11.9 Å². The van der Waals surface area contributed by atoms with Gasteiger partial charge >= 0.3 is 0 Å². The number of aryl methyl sites for hydroxylation is 1. The molecule has 0 fully saturated rings. The summed E-state index contributed by atoms with van der Waals surface area (Å²) in [4.78, 5) is 23.1. The number of benzene rings is 2. The van der Waals surface area contributed by atoms with E-state index in [1.54, 1.807) is 50.2 Å². The predicted molar refractivity (Wildman–Crippen MR) is 93.6 cm³/mol. The molecule has 2 aromatic rings. The van der Waals surface area contributed by atoms with Gasteiger partial charge in [-0.3, -0.25) is 9.59 Å². The molecule has 0 aliphatic heterocycles. The fraction of sp³-hybridized carbons (Fsp3) is 0.222. The Hall–Kier alpha value is -2.89. The van der Waals surface area contributed by atoms with Gasteiger partial charge in [0.05, 0.1) is 0 Å². The maximum Gasteiger partial charge on any atom is 0.246 e. The molecule has 0 heterocycles. The summed E-state index contributed by atoms with van der Waals surface area (Å²) in [6.07, 6.45) is 0. The summed E-state index contributed by atoms with van der Waals surface area (Å²) in [6, 6.07) is 11.1. The second kappa shape index (κ2) is 7.59. The zero-order valence-corrected chi connectivity index (χ0v) is 13.8. The molecule has 0 saturated carbocycles. The van der Waals surface area contributed by atoms with Crippen molar-refractivity contribution in [3.05, 3.63) is 53.8 Å². The van der Waals surface area contributed by atoms with Crippen LogP contribution in [0.3, 0.4) is 0 Å². The van der Waals surface area contributed by atoms with Crippen LogP contribution in [-0.4, -0.2) is 17.9 Å². The predicted octanol–water partition coefficient (Wildman–Crippen LogP) is 3.53. The number of carbonyl (C=O) groups excluding carboxylic acids is 2. The van der Waals surface area contributed by atoms with E-state index in [4.69, 9.17) is 0 Å². The fourth-order valence-electron chi connectivity index (χ4n) is 2.09. The number of amides is 2. The monoisotopic (exact) mass is 329 g/mol. The molecule has 126 valence electrons. The van der Waals surface area contributed by atoms with Crippen molar-refractivity contribution < 1.29 is 14.0 Å². The number of nitrogens with one attached hydrogen (secondary N) is 3. The number of anilines is 3. The van der Waals surface area contributed by atoms with Crippen LogP contribution in [0.5, 0.6) is 0 Å². The average Bonchev–Trinajstić information content (AvgIpc) is 2.52. The average molecular weight is 329 g/mol. The van der Waals surface area contributed by atoms with E-state index in [0.29, 0.717) is 16.9 Å². The van der Waals surface area contributed by atoms with Crippen molar-refractivity contribution in [2.24, 2.45) is 0 Å². The highest BCUT2D eigenvalue weighted by Gasteiger charge is 2.13. The third-order valence-corrected chi connectivity index (χ3v) is 3.42. The van der Waals surface area contributed by atoms with Crippen molar-refractivity contribution in [2.45, 2.75) is 26.8 Å². The SMILES string of the molecule is CC(=O)Nc1ccc(N[C@H](C)C(=O)Nc2ccc(C)c(F)c2)cc1. The standard InChI is InChI=1S/C18H20FN3O2/c1-11-4-5-16(10-17(11)19)22-18(24)12(2)20-14-6-8-15(9-7-14)21-13(3)23/h4-10,12,20H,1-3H3,(H,21,23)(H,22,24)/t12-/m1/s1. The molecule has 1 atom stereocenters. The first-order chi connectivity index (χ1) is 11.3. The van der Waals surface area contributed by atoms with Crippen molar-refractivity contribution in [3.63, 3.8) is 0 Å². The molecule has 0 aliphatic carbocycles. The van der Waals surface area contributed by atoms with Crippen LogP contribution in [0.15, 0.2) is 42.5 Å². The van der Waals surface area contributed by atoms with E-state index < -0.39 is 6.04 Å². The van der Waals surface area contributed by atoms with Crippen LogP contribution in [0.4, 0.5) is 21.5 Å². The lowest BCUT2D eigenvalue weighted by molar-refractivity contribution is -0.116. The highest BCUT2D eigenvalue weighted by atomic mass is 19.1. The Bertz CT molecular complexity index is 744. The molecule has 24 heavy (non-hydrogen) atoms. The Morgan fingerprint density at radius 2 is 1.54 bits per heavy atom. The Kier molecular flexibility index (Phi) is 5.52. The quantitative estimate of drug-likeness (QED) is 0.786. The molecule has 6 heteroatoms. The van der Waals surface area contributed by atoms with Gasteiger partial charge in [-0.25, -0.2) is 4.39 Å². The molecule has 0 aliphatic rings. The molecule has 3 N–H and O–H groups in total. The maximum absolute atomic E-state index is 13.5. The maximum atomic E-state index is 13.5. The van der Waals surface area contributed by atoms with E-state index in [0.717, 1.165) is 5.69 Å². The van der Waals surface area contributed by atoms with Crippen LogP contribution in [-0.2, 0) is 9.59 Å². The molecule has 0 bridgehead atoms. The van der Waals surface area contributed by atoms with Crippen molar-refractivity contribution in [1.29, 1.82) is 0 Å². The van der Waals surface area contributed by atoms with Gasteiger partial charge in [0.25, 0.3) is 0 Å². The number of carbonyl (C=O) groups is 2. The number of halogens is 1. The molecule has 0 aromatic heterocycles. The largest absolute Gasteiger partial charge is 0.374 e. The molecule has 0 saturated heterocycles. The van der Waals surface area contributed by atoms with Gasteiger partial charge in [0, 0.05) is 24.0 Å². The second-order valence-corrected chi connectivity index (χ2v) is 5.58. The Morgan fingerprint density at radius 3 is 2.12 bits per heavy atom. The summed E-state index contributed by atoms with van der Waals surface area (Å²) in [7, 11) is 0. The van der Waals surface area contributed by atoms with E-state index >= 15 is 0 Å². The van der Waals surface area contributed by atoms with Gasteiger partial charge in [0.15, 0.2) is 0 Å². The molecular weight excluding hydrogens is 309 g/mol. The van der Waals surface area contributed by atoms with Gasteiger partial charge in [-0.2, -0.15) is 0 Å². The molecular formula is C18H20FN3O2. The summed E-state index contributed by atoms with van der Waals surface area (Å²) < 4.78 is 13.5. The minimum atomic E-state index is -0.513. The lowest BCUT2D eigenvalue weighted by Gasteiger charge is -2.16. The van der Waals surface area contributed by atoms with Crippen LogP contribution in [0.2, 0.25) is 0 Å². The second-order valence-electron chi connectivity index (χ2n) is 5.58. The first-order valence-corrected chi connectivity index (χ1v) is 7.56. The molecule has 0 spiro atoms. The van der Waals surface area contributed by atoms with E-state index in [1.165, 1.54) is 13.0 Å². The summed E-state index contributed by atoms with van der Waals surface area (Å²) >= 11 is 0. The van der Waals surface area contributed by atoms with Crippen LogP contribution >= 0.6 is 0 Å². The van der Waals surface area contributed by atoms with Gasteiger partial charge in [0.2, 0.25) is 11.8 Å². The van der Waals surface area contributed by atoms with Crippen LogP contribution in [0.25, 0.3) is 0 Å². The van der Waals surface area contributed by atoms with Crippen molar-refractivity contribution in [1.82, 2.24) is 0 Å². The van der Waals surface area contributed by atoms with Crippen LogP contribution in [0.1, 0.15) is 19.4 Å². The highest BCUT2D eigenvalue weighted by Crippen LogP contribution is 2.16. The third kappa shape index (κ3) is 4.81. The van der Waals surface area contributed by atoms with Crippen LogP contribution < -0.4 is 16.0 Å². The first kappa shape index (κ1) is 17.5. The molecule has 2 amide bonds. The fourth-order valence-corrected chi connectivity index (χ4v) is 2.09. The van der Waals surface area contributed by atoms with Crippen LogP contribution in [0, 0.1) is 12.7 Å². The van der Waals surface area contributed by atoms with Crippen molar-refractivity contribution in [3.8, 4) is 0 Å².